The Labute approximate surface area is 208 Å². The van der Waals surface area contributed by atoms with E-state index in [1.807, 2.05) is 13.0 Å². The molecule has 34 heavy (non-hydrogen) atoms. The number of nitrogens with one attached hydrogen (secondary N) is 2. The van der Waals surface area contributed by atoms with Crippen molar-refractivity contribution in [2.75, 3.05) is 51.8 Å². The maximum Gasteiger partial charge on any atom is 0.333 e. The molecule has 4 N–H and O–H groups in total. The van der Waals surface area contributed by atoms with Gasteiger partial charge in [0.1, 0.15) is 11.6 Å². The van der Waals surface area contributed by atoms with Crippen molar-refractivity contribution in [3.63, 3.8) is 0 Å². The highest BCUT2D eigenvalue weighted by Gasteiger charge is 2.24. The SMILES string of the molecule is CCOC(=O)C(Nc1ccc(C(=N)N)cc1)c1cc(CN2CCN(C)CC2)cc(OCC)c1.Cl. The summed E-state index contributed by atoms with van der Waals surface area (Å²) in [6.07, 6.45) is 0. The average Bonchev–Trinajstić information content (AvgIpc) is 2.79. The number of carbonyl (C=O) groups is 1. The van der Waals surface area contributed by atoms with Gasteiger partial charge in [-0.15, -0.1) is 12.4 Å². The summed E-state index contributed by atoms with van der Waals surface area (Å²) in [5.41, 5.74) is 8.81. The Balaban J connectivity index is 0.00000408. The third-order valence-electron chi connectivity index (χ3n) is 5.66. The van der Waals surface area contributed by atoms with Crippen LogP contribution < -0.4 is 15.8 Å². The first kappa shape index (κ1) is 27.4. The van der Waals surface area contributed by atoms with Gasteiger partial charge < -0.3 is 25.4 Å². The molecule has 2 aromatic rings. The van der Waals surface area contributed by atoms with Crippen molar-refractivity contribution in [3.8, 4) is 5.75 Å². The van der Waals surface area contributed by atoms with Gasteiger partial charge in [0.2, 0.25) is 0 Å². The lowest BCUT2D eigenvalue weighted by molar-refractivity contribution is -0.144. The quantitative estimate of drug-likeness (QED) is 0.267. The number of likely N-dealkylation sites (N-methyl/N-ethyl adjacent to an activating group) is 1. The summed E-state index contributed by atoms with van der Waals surface area (Å²) in [4.78, 5) is 17.7. The second kappa shape index (κ2) is 13.2. The predicted molar refractivity (Wildman–Crippen MR) is 138 cm³/mol. The topological polar surface area (TPSA) is 104 Å². The predicted octanol–water partition coefficient (Wildman–Crippen LogP) is 3.25. The van der Waals surface area contributed by atoms with E-state index in [0.717, 1.165) is 55.3 Å². The molecule has 1 fully saturated rings. The Kier molecular flexibility index (Phi) is 10.6. The second-order valence-corrected chi connectivity index (χ2v) is 8.24. The van der Waals surface area contributed by atoms with E-state index in [0.29, 0.717) is 18.8 Å². The molecule has 3 rings (SSSR count). The highest BCUT2D eigenvalue weighted by Crippen LogP contribution is 2.28. The van der Waals surface area contributed by atoms with Crippen LogP contribution in [0.4, 0.5) is 5.69 Å². The lowest BCUT2D eigenvalue weighted by Crippen LogP contribution is -2.43. The number of hydrogen-bond donors (Lipinski definition) is 3. The highest BCUT2D eigenvalue weighted by molar-refractivity contribution is 5.95. The number of piperazine rings is 1. The largest absolute Gasteiger partial charge is 0.494 e. The van der Waals surface area contributed by atoms with E-state index in [4.69, 9.17) is 20.6 Å². The lowest BCUT2D eigenvalue weighted by Gasteiger charge is -2.32. The summed E-state index contributed by atoms with van der Waals surface area (Å²) in [5, 5.41) is 10.9. The minimum Gasteiger partial charge on any atom is -0.494 e. The molecule has 8 nitrogen and oxygen atoms in total. The number of benzene rings is 2. The Bertz CT molecular complexity index is 946. The molecule has 1 saturated heterocycles. The van der Waals surface area contributed by atoms with Crippen molar-refractivity contribution in [2.45, 2.75) is 26.4 Å². The fourth-order valence-electron chi connectivity index (χ4n) is 3.87. The third-order valence-corrected chi connectivity index (χ3v) is 5.66. The maximum absolute atomic E-state index is 12.9. The number of nitrogen functional groups attached to an aromatic ring is 1. The number of amidine groups is 1. The summed E-state index contributed by atoms with van der Waals surface area (Å²) in [6.45, 7) is 9.48. The molecule has 0 aromatic heterocycles. The molecule has 186 valence electrons. The molecular formula is C25H36ClN5O3. The Hall–Kier alpha value is -2.81. The van der Waals surface area contributed by atoms with Crippen molar-refractivity contribution in [3.05, 3.63) is 59.2 Å². The molecule has 1 atom stereocenters. The molecule has 1 heterocycles. The summed E-state index contributed by atoms with van der Waals surface area (Å²) in [6, 6.07) is 12.4. The molecule has 0 aliphatic carbocycles. The molecule has 0 spiro atoms. The van der Waals surface area contributed by atoms with E-state index < -0.39 is 6.04 Å². The minimum absolute atomic E-state index is 0. The van der Waals surface area contributed by atoms with Crippen molar-refractivity contribution >= 4 is 29.9 Å². The van der Waals surface area contributed by atoms with Crippen LogP contribution in [0.2, 0.25) is 0 Å². The van der Waals surface area contributed by atoms with Gasteiger partial charge in [-0.1, -0.05) is 6.07 Å². The number of esters is 1. The molecule has 1 unspecified atom stereocenters. The standard InChI is InChI=1S/C25H35N5O3.ClH/c1-4-32-22-15-18(17-30-12-10-29(3)11-13-30)14-20(16-22)23(25(31)33-5-2)28-21-8-6-19(7-9-21)24(26)27;/h6-9,14-16,23,28H,4-5,10-13,17H2,1-3H3,(H3,26,27);1H. The van der Waals surface area contributed by atoms with Crippen LogP contribution in [0.25, 0.3) is 0 Å². The number of carbonyl (C=O) groups excluding carboxylic acids is 1. The van der Waals surface area contributed by atoms with Crippen LogP contribution in [0.1, 0.15) is 36.6 Å². The molecular weight excluding hydrogens is 454 g/mol. The number of anilines is 1. The van der Waals surface area contributed by atoms with E-state index in [-0.39, 0.29) is 24.2 Å². The number of hydrogen-bond acceptors (Lipinski definition) is 7. The fourth-order valence-corrected chi connectivity index (χ4v) is 3.87. The third kappa shape index (κ3) is 7.62. The van der Waals surface area contributed by atoms with Crippen molar-refractivity contribution in [2.24, 2.45) is 5.73 Å². The van der Waals surface area contributed by atoms with Crippen LogP contribution in [0, 0.1) is 5.41 Å². The zero-order valence-electron chi connectivity index (χ0n) is 20.2. The molecule has 0 bridgehead atoms. The molecule has 0 saturated carbocycles. The monoisotopic (exact) mass is 489 g/mol. The van der Waals surface area contributed by atoms with E-state index >= 15 is 0 Å². The van der Waals surface area contributed by atoms with Crippen LogP contribution in [0.3, 0.4) is 0 Å². The Morgan fingerprint density at radius 3 is 2.35 bits per heavy atom. The van der Waals surface area contributed by atoms with Crippen molar-refractivity contribution in [1.82, 2.24) is 9.80 Å². The number of nitrogens with two attached hydrogens (primary N) is 1. The van der Waals surface area contributed by atoms with E-state index in [1.165, 1.54) is 0 Å². The number of halogens is 1. The van der Waals surface area contributed by atoms with Crippen LogP contribution >= 0.6 is 12.4 Å². The van der Waals surface area contributed by atoms with Crippen LogP contribution in [-0.2, 0) is 16.1 Å². The van der Waals surface area contributed by atoms with E-state index in [2.05, 4.69) is 34.3 Å². The minimum atomic E-state index is -0.695. The molecule has 2 aromatic carbocycles. The molecule has 0 amide bonds. The summed E-state index contributed by atoms with van der Waals surface area (Å²) in [7, 11) is 2.14. The fraction of sp³-hybridized carbons (Fsp3) is 0.440. The van der Waals surface area contributed by atoms with Crippen LogP contribution in [-0.4, -0.2) is 68.0 Å². The van der Waals surface area contributed by atoms with Crippen molar-refractivity contribution in [1.29, 1.82) is 5.41 Å². The zero-order valence-corrected chi connectivity index (χ0v) is 21.0. The van der Waals surface area contributed by atoms with E-state index in [1.54, 1.807) is 31.2 Å². The molecule has 0 radical (unpaired) electrons. The lowest BCUT2D eigenvalue weighted by atomic mass is 10.0. The van der Waals surface area contributed by atoms with Gasteiger partial charge in [0.15, 0.2) is 6.04 Å². The van der Waals surface area contributed by atoms with Gasteiger partial charge in [-0.05, 0) is 68.4 Å². The van der Waals surface area contributed by atoms with Crippen LogP contribution in [0.5, 0.6) is 5.75 Å². The average molecular weight is 490 g/mol. The zero-order chi connectivity index (χ0) is 23.8. The van der Waals surface area contributed by atoms with Gasteiger partial charge in [0, 0.05) is 44.0 Å². The first-order chi connectivity index (χ1) is 15.9. The molecule has 1 aliphatic heterocycles. The molecule has 9 heteroatoms. The normalized spacial score (nSPS) is 15.1. The van der Waals surface area contributed by atoms with Gasteiger partial charge >= 0.3 is 5.97 Å². The van der Waals surface area contributed by atoms with Gasteiger partial charge in [-0.3, -0.25) is 10.3 Å². The number of nitrogens with zero attached hydrogens (tertiary/aromatic N) is 2. The van der Waals surface area contributed by atoms with Gasteiger partial charge in [-0.2, -0.15) is 0 Å². The Morgan fingerprint density at radius 2 is 1.76 bits per heavy atom. The van der Waals surface area contributed by atoms with Crippen LogP contribution in [0.15, 0.2) is 42.5 Å². The first-order valence-electron chi connectivity index (χ1n) is 11.4. The number of ether oxygens (including phenoxy) is 2. The Morgan fingerprint density at radius 1 is 1.09 bits per heavy atom. The summed E-state index contributed by atoms with van der Waals surface area (Å²) in [5.74, 6) is 0.385. The highest BCUT2D eigenvalue weighted by atomic mass is 35.5. The summed E-state index contributed by atoms with van der Waals surface area (Å²) < 4.78 is 11.2. The van der Waals surface area contributed by atoms with Gasteiger partial charge in [0.05, 0.1) is 13.2 Å². The summed E-state index contributed by atoms with van der Waals surface area (Å²) >= 11 is 0. The first-order valence-corrected chi connectivity index (χ1v) is 11.4. The van der Waals surface area contributed by atoms with E-state index in [9.17, 15) is 4.79 Å². The maximum atomic E-state index is 12.9. The van der Waals surface area contributed by atoms with Gasteiger partial charge in [0.25, 0.3) is 0 Å². The number of rotatable bonds is 10. The second-order valence-electron chi connectivity index (χ2n) is 8.24. The smallest absolute Gasteiger partial charge is 0.333 e. The van der Waals surface area contributed by atoms with Gasteiger partial charge in [-0.25, -0.2) is 4.79 Å². The van der Waals surface area contributed by atoms with Crippen molar-refractivity contribution < 1.29 is 14.3 Å². The molecule has 1 aliphatic rings.